The van der Waals surface area contributed by atoms with E-state index >= 15 is 0 Å². The van der Waals surface area contributed by atoms with Crippen LogP contribution in [0.2, 0.25) is 0 Å². The third-order valence-corrected chi connectivity index (χ3v) is 4.00. The Morgan fingerprint density at radius 2 is 1.74 bits per heavy atom. The van der Waals surface area contributed by atoms with Gasteiger partial charge in [-0.25, -0.2) is 0 Å². The number of nitrogens with zero attached hydrogens (tertiary/aromatic N) is 2. The minimum absolute atomic E-state index is 0.124. The van der Waals surface area contributed by atoms with E-state index in [9.17, 15) is 5.11 Å². The van der Waals surface area contributed by atoms with Gasteiger partial charge in [-0.2, -0.15) is 0 Å². The predicted octanol–water partition coefficient (Wildman–Crippen LogP) is 0.718. The highest BCUT2D eigenvalue weighted by molar-refractivity contribution is 5.18. The number of rotatable bonds is 5. The molecule has 0 spiro atoms. The molecule has 1 aromatic carbocycles. The highest BCUT2D eigenvalue weighted by atomic mass is 16.3. The summed E-state index contributed by atoms with van der Waals surface area (Å²) >= 11 is 0. The second-order valence-electron chi connectivity index (χ2n) is 5.20. The van der Waals surface area contributed by atoms with E-state index in [1.54, 1.807) is 0 Å². The molecule has 106 valence electrons. The maximum atomic E-state index is 10.4. The molecule has 2 unspecified atom stereocenters. The van der Waals surface area contributed by atoms with Crippen LogP contribution < -0.4 is 0 Å². The van der Waals surface area contributed by atoms with Gasteiger partial charge in [0, 0.05) is 38.8 Å². The Kier molecular flexibility index (Phi) is 5.34. The zero-order valence-electron chi connectivity index (χ0n) is 11.6. The van der Waals surface area contributed by atoms with Gasteiger partial charge in [0.1, 0.15) is 0 Å². The lowest BCUT2D eigenvalue weighted by molar-refractivity contribution is 0.0229. The zero-order valence-corrected chi connectivity index (χ0v) is 11.6. The quantitative estimate of drug-likeness (QED) is 0.822. The Hall–Kier alpha value is -0.940. The molecule has 1 fully saturated rings. The molecule has 1 aliphatic heterocycles. The monoisotopic (exact) mass is 264 g/mol. The van der Waals surface area contributed by atoms with Gasteiger partial charge in [0.2, 0.25) is 0 Å². The van der Waals surface area contributed by atoms with Gasteiger partial charge in [0.25, 0.3) is 0 Å². The van der Waals surface area contributed by atoms with Crippen LogP contribution in [-0.2, 0) is 0 Å². The van der Waals surface area contributed by atoms with Gasteiger partial charge in [-0.05, 0) is 12.5 Å². The molecule has 1 saturated heterocycles. The molecular weight excluding hydrogens is 240 g/mol. The van der Waals surface area contributed by atoms with Crippen LogP contribution in [0, 0.1) is 0 Å². The summed E-state index contributed by atoms with van der Waals surface area (Å²) in [5.74, 6) is 0. The lowest BCUT2D eigenvalue weighted by Gasteiger charge is -2.39. The largest absolute Gasteiger partial charge is 0.395 e. The molecule has 0 amide bonds. The third kappa shape index (κ3) is 3.76. The summed E-state index contributed by atoms with van der Waals surface area (Å²) in [6.07, 6.45) is -0.439. The van der Waals surface area contributed by atoms with Crippen molar-refractivity contribution in [1.82, 2.24) is 9.80 Å². The Labute approximate surface area is 115 Å². The first kappa shape index (κ1) is 14.5. The van der Waals surface area contributed by atoms with Crippen LogP contribution in [0.5, 0.6) is 0 Å². The Morgan fingerprint density at radius 3 is 2.32 bits per heavy atom. The fourth-order valence-electron chi connectivity index (χ4n) is 2.66. The normalized spacial score (nSPS) is 21.2. The summed E-state index contributed by atoms with van der Waals surface area (Å²) in [5.41, 5.74) is 0.979. The smallest absolute Gasteiger partial charge is 0.0942 e. The van der Waals surface area contributed by atoms with Gasteiger partial charge in [0.15, 0.2) is 0 Å². The van der Waals surface area contributed by atoms with E-state index in [-0.39, 0.29) is 12.6 Å². The first-order valence-electron chi connectivity index (χ1n) is 7.02. The molecule has 0 saturated carbocycles. The third-order valence-electron chi connectivity index (χ3n) is 4.00. The van der Waals surface area contributed by atoms with Crippen molar-refractivity contribution >= 4 is 0 Å². The molecule has 2 N–H and O–H groups in total. The summed E-state index contributed by atoms with van der Waals surface area (Å²) in [5, 5.41) is 19.4. The molecule has 0 aliphatic carbocycles. The molecule has 0 bridgehead atoms. The second kappa shape index (κ2) is 7.01. The Balaban J connectivity index is 1.89. The maximum absolute atomic E-state index is 10.4. The fourth-order valence-corrected chi connectivity index (χ4v) is 2.66. The van der Waals surface area contributed by atoms with Gasteiger partial charge in [0.05, 0.1) is 12.7 Å². The highest BCUT2D eigenvalue weighted by Crippen LogP contribution is 2.21. The lowest BCUT2D eigenvalue weighted by Crippen LogP contribution is -2.51. The predicted molar refractivity (Wildman–Crippen MR) is 76.0 cm³/mol. The van der Waals surface area contributed by atoms with Crippen LogP contribution in [0.1, 0.15) is 18.6 Å². The van der Waals surface area contributed by atoms with E-state index < -0.39 is 6.10 Å². The van der Waals surface area contributed by atoms with Gasteiger partial charge >= 0.3 is 0 Å². The minimum atomic E-state index is -0.439. The van der Waals surface area contributed by atoms with E-state index in [1.807, 2.05) is 30.3 Å². The van der Waals surface area contributed by atoms with Crippen LogP contribution in [0.3, 0.4) is 0 Å². The molecular formula is C15H24N2O2. The van der Waals surface area contributed by atoms with E-state index in [0.717, 1.165) is 38.3 Å². The van der Waals surface area contributed by atoms with Gasteiger partial charge in [-0.1, -0.05) is 30.3 Å². The number of β-amino-alcohol motifs (C(OH)–C–C–N with tert-alkyl or cyclic N) is 1. The van der Waals surface area contributed by atoms with E-state index in [1.165, 1.54) is 0 Å². The molecule has 4 nitrogen and oxygen atoms in total. The minimum Gasteiger partial charge on any atom is -0.395 e. The first-order chi connectivity index (χ1) is 9.22. The molecule has 1 aromatic rings. The van der Waals surface area contributed by atoms with Crippen molar-refractivity contribution < 1.29 is 10.2 Å². The average molecular weight is 264 g/mol. The van der Waals surface area contributed by atoms with Crippen molar-refractivity contribution in [3.63, 3.8) is 0 Å². The molecule has 1 aliphatic rings. The van der Waals surface area contributed by atoms with E-state index in [2.05, 4.69) is 16.7 Å². The molecule has 1 heterocycles. The first-order valence-corrected chi connectivity index (χ1v) is 7.02. The summed E-state index contributed by atoms with van der Waals surface area (Å²) in [6.45, 7) is 6.89. The van der Waals surface area contributed by atoms with Gasteiger partial charge in [-0.15, -0.1) is 0 Å². The number of aliphatic hydroxyl groups excluding tert-OH is 2. The average Bonchev–Trinajstić information content (AvgIpc) is 2.48. The SMILES string of the molecule is CC(C(O)c1ccccc1)N1CCN(CCO)CC1. The summed E-state index contributed by atoms with van der Waals surface area (Å²) in [6, 6.07) is 9.97. The molecule has 19 heavy (non-hydrogen) atoms. The number of benzene rings is 1. The van der Waals surface area contributed by atoms with Gasteiger partial charge < -0.3 is 10.2 Å². The van der Waals surface area contributed by atoms with Crippen molar-refractivity contribution in [2.75, 3.05) is 39.3 Å². The number of hydrogen-bond donors (Lipinski definition) is 2. The standard InChI is InChI=1S/C15H24N2O2/c1-13(15(19)14-5-3-2-4-6-14)17-9-7-16(8-10-17)11-12-18/h2-6,13,15,18-19H,7-12H2,1H3. The van der Waals surface area contributed by atoms with E-state index in [4.69, 9.17) is 5.11 Å². The Bertz CT molecular complexity index is 364. The van der Waals surface area contributed by atoms with E-state index in [0.29, 0.717) is 0 Å². The molecule has 4 heteroatoms. The van der Waals surface area contributed by atoms with Crippen LogP contribution in [0.25, 0.3) is 0 Å². The van der Waals surface area contributed by atoms with Crippen LogP contribution in [0.4, 0.5) is 0 Å². The summed E-state index contributed by atoms with van der Waals surface area (Å²) in [4.78, 5) is 4.59. The zero-order chi connectivity index (χ0) is 13.7. The van der Waals surface area contributed by atoms with Crippen LogP contribution >= 0.6 is 0 Å². The highest BCUT2D eigenvalue weighted by Gasteiger charge is 2.26. The molecule has 0 aromatic heterocycles. The van der Waals surface area contributed by atoms with Crippen molar-refractivity contribution in [3.8, 4) is 0 Å². The van der Waals surface area contributed by atoms with Crippen molar-refractivity contribution in [3.05, 3.63) is 35.9 Å². The summed E-state index contributed by atoms with van der Waals surface area (Å²) < 4.78 is 0. The topological polar surface area (TPSA) is 46.9 Å². The van der Waals surface area contributed by atoms with Crippen molar-refractivity contribution in [1.29, 1.82) is 0 Å². The maximum Gasteiger partial charge on any atom is 0.0942 e. The van der Waals surface area contributed by atoms with Gasteiger partial charge in [-0.3, -0.25) is 9.80 Å². The number of piperazine rings is 1. The van der Waals surface area contributed by atoms with Crippen molar-refractivity contribution in [2.24, 2.45) is 0 Å². The van der Waals surface area contributed by atoms with Crippen molar-refractivity contribution in [2.45, 2.75) is 19.1 Å². The second-order valence-corrected chi connectivity index (χ2v) is 5.20. The molecule has 2 rings (SSSR count). The molecule has 0 radical (unpaired) electrons. The van der Waals surface area contributed by atoms with Crippen LogP contribution in [0.15, 0.2) is 30.3 Å². The van der Waals surface area contributed by atoms with Crippen LogP contribution in [-0.4, -0.2) is 65.4 Å². The Morgan fingerprint density at radius 1 is 1.11 bits per heavy atom. The molecule has 2 atom stereocenters. The summed E-state index contributed by atoms with van der Waals surface area (Å²) in [7, 11) is 0. The lowest BCUT2D eigenvalue weighted by atomic mass is 10.0. The number of aliphatic hydroxyl groups is 2. The number of hydrogen-bond acceptors (Lipinski definition) is 4. The fraction of sp³-hybridized carbons (Fsp3) is 0.600.